The monoisotopic (exact) mass is 372 g/mol. The first-order chi connectivity index (χ1) is 12.5. The highest BCUT2D eigenvalue weighted by Crippen LogP contribution is 2.29. The van der Waals surface area contributed by atoms with Crippen LogP contribution in [-0.2, 0) is 18.3 Å². The zero-order chi connectivity index (χ0) is 18.3. The van der Waals surface area contributed by atoms with Crippen LogP contribution in [0.1, 0.15) is 23.7 Å². The number of imidazole rings is 1. The first kappa shape index (κ1) is 17.0. The quantitative estimate of drug-likeness (QED) is 0.708. The number of benzene rings is 1. The van der Waals surface area contributed by atoms with Gasteiger partial charge in [-0.05, 0) is 24.6 Å². The van der Waals surface area contributed by atoms with Crippen LogP contribution < -0.4 is 0 Å². The minimum Gasteiger partial charge on any atom is -0.342 e. The summed E-state index contributed by atoms with van der Waals surface area (Å²) < 4.78 is 16.0. The Hall–Kier alpha value is -2.47. The number of amides is 1. The van der Waals surface area contributed by atoms with E-state index in [-0.39, 0.29) is 28.8 Å². The summed E-state index contributed by atoms with van der Waals surface area (Å²) in [6, 6.07) is 6.36. The molecule has 3 heterocycles. The van der Waals surface area contributed by atoms with E-state index in [9.17, 15) is 9.18 Å². The molecule has 1 unspecified atom stereocenters. The average Bonchev–Trinajstić information content (AvgIpc) is 3.24. The predicted molar refractivity (Wildman–Crippen MR) is 97.6 cm³/mol. The Balaban J connectivity index is 1.51. The molecule has 1 aliphatic heterocycles. The maximum Gasteiger partial charge on any atom is 0.227 e. The lowest BCUT2D eigenvalue weighted by Crippen LogP contribution is -2.30. The van der Waals surface area contributed by atoms with Gasteiger partial charge in [0.25, 0.3) is 0 Å². The fourth-order valence-corrected chi connectivity index (χ4v) is 3.81. The molecule has 134 valence electrons. The maximum atomic E-state index is 13.9. The Bertz CT molecular complexity index is 967. The molecule has 3 aromatic rings. The number of halogens is 2. The first-order valence-corrected chi connectivity index (χ1v) is 8.89. The third-order valence-electron chi connectivity index (χ3n) is 5.01. The van der Waals surface area contributed by atoms with Crippen LogP contribution in [-0.4, -0.2) is 38.4 Å². The second-order valence-electron chi connectivity index (χ2n) is 6.60. The molecule has 0 aliphatic carbocycles. The van der Waals surface area contributed by atoms with Gasteiger partial charge in [0.2, 0.25) is 5.91 Å². The van der Waals surface area contributed by atoms with E-state index in [1.165, 1.54) is 12.1 Å². The Morgan fingerprint density at radius 2 is 2.23 bits per heavy atom. The lowest BCUT2D eigenvalue weighted by Gasteiger charge is -2.17. The van der Waals surface area contributed by atoms with Gasteiger partial charge >= 0.3 is 0 Å². The number of hydrogen-bond donors (Lipinski definition) is 0. The van der Waals surface area contributed by atoms with Crippen molar-refractivity contribution in [2.24, 2.45) is 7.05 Å². The lowest BCUT2D eigenvalue weighted by molar-refractivity contribution is -0.129. The normalized spacial score (nSPS) is 17.2. The fourth-order valence-electron chi connectivity index (χ4n) is 3.58. The van der Waals surface area contributed by atoms with E-state index in [2.05, 4.69) is 4.98 Å². The van der Waals surface area contributed by atoms with Crippen LogP contribution in [0.2, 0.25) is 5.02 Å². The van der Waals surface area contributed by atoms with Gasteiger partial charge in [0.1, 0.15) is 11.6 Å². The molecule has 5 nitrogen and oxygen atoms in total. The third-order valence-corrected chi connectivity index (χ3v) is 5.37. The maximum absolute atomic E-state index is 13.9. The van der Waals surface area contributed by atoms with E-state index < -0.39 is 5.82 Å². The van der Waals surface area contributed by atoms with Crippen molar-refractivity contribution in [3.8, 4) is 0 Å². The SMILES string of the molecule is Cn1c(C2CCN(C(=O)Cc3c(F)cccc3Cl)C2)nc2ccncc21. The van der Waals surface area contributed by atoms with Gasteiger partial charge in [0, 0.05) is 42.8 Å². The molecule has 0 saturated carbocycles. The van der Waals surface area contributed by atoms with E-state index >= 15 is 0 Å². The Kier molecular flexibility index (Phi) is 4.36. The van der Waals surface area contributed by atoms with Crippen molar-refractivity contribution in [1.82, 2.24) is 19.4 Å². The first-order valence-electron chi connectivity index (χ1n) is 8.51. The van der Waals surface area contributed by atoms with Crippen LogP contribution in [0.4, 0.5) is 4.39 Å². The van der Waals surface area contributed by atoms with Crippen molar-refractivity contribution in [3.63, 3.8) is 0 Å². The molecule has 1 amide bonds. The van der Waals surface area contributed by atoms with Crippen LogP contribution >= 0.6 is 11.6 Å². The predicted octanol–water partition coefficient (Wildman–Crippen LogP) is 3.32. The average molecular weight is 373 g/mol. The van der Waals surface area contributed by atoms with Crippen LogP contribution in [0.3, 0.4) is 0 Å². The molecule has 0 radical (unpaired) electrons. The number of carbonyl (C=O) groups is 1. The van der Waals surface area contributed by atoms with Crippen molar-refractivity contribution in [3.05, 3.63) is 58.9 Å². The molecule has 1 atom stereocenters. The Morgan fingerprint density at radius 1 is 1.38 bits per heavy atom. The summed E-state index contributed by atoms with van der Waals surface area (Å²) in [5.41, 5.74) is 2.14. The molecular formula is C19H18ClFN4O. The second kappa shape index (κ2) is 6.68. The van der Waals surface area contributed by atoms with Crippen molar-refractivity contribution in [1.29, 1.82) is 0 Å². The largest absolute Gasteiger partial charge is 0.342 e. The summed E-state index contributed by atoms with van der Waals surface area (Å²) >= 11 is 6.04. The molecule has 1 saturated heterocycles. The van der Waals surface area contributed by atoms with Crippen LogP contribution in [0, 0.1) is 5.82 Å². The fraction of sp³-hybridized carbons (Fsp3) is 0.316. The number of nitrogens with zero attached hydrogens (tertiary/aromatic N) is 4. The smallest absolute Gasteiger partial charge is 0.227 e. The van der Waals surface area contributed by atoms with Gasteiger partial charge in [-0.2, -0.15) is 0 Å². The number of fused-ring (bicyclic) bond motifs is 1. The Morgan fingerprint density at radius 3 is 3.00 bits per heavy atom. The van der Waals surface area contributed by atoms with Crippen molar-refractivity contribution >= 4 is 28.5 Å². The van der Waals surface area contributed by atoms with E-state index in [4.69, 9.17) is 16.6 Å². The van der Waals surface area contributed by atoms with Crippen molar-refractivity contribution in [2.45, 2.75) is 18.8 Å². The van der Waals surface area contributed by atoms with Crippen LogP contribution in [0.15, 0.2) is 36.7 Å². The van der Waals surface area contributed by atoms with Gasteiger partial charge in [0.05, 0.1) is 23.7 Å². The summed E-state index contributed by atoms with van der Waals surface area (Å²) in [5.74, 6) is 0.559. The zero-order valence-electron chi connectivity index (χ0n) is 14.3. The van der Waals surface area contributed by atoms with Gasteiger partial charge in [-0.25, -0.2) is 9.37 Å². The van der Waals surface area contributed by atoms with Gasteiger partial charge in [-0.15, -0.1) is 0 Å². The summed E-state index contributed by atoms with van der Waals surface area (Å²) in [5, 5.41) is 0.289. The molecule has 2 aromatic heterocycles. The van der Waals surface area contributed by atoms with Crippen molar-refractivity contribution in [2.75, 3.05) is 13.1 Å². The lowest BCUT2D eigenvalue weighted by atomic mass is 10.1. The Labute approximate surface area is 155 Å². The molecule has 1 fully saturated rings. The van der Waals surface area contributed by atoms with Crippen molar-refractivity contribution < 1.29 is 9.18 Å². The summed E-state index contributed by atoms with van der Waals surface area (Å²) in [4.78, 5) is 23.2. The highest BCUT2D eigenvalue weighted by Gasteiger charge is 2.31. The minimum absolute atomic E-state index is 0.0231. The second-order valence-corrected chi connectivity index (χ2v) is 7.00. The summed E-state index contributed by atoms with van der Waals surface area (Å²) in [6.45, 7) is 1.21. The minimum atomic E-state index is -0.440. The molecule has 0 bridgehead atoms. The zero-order valence-corrected chi connectivity index (χ0v) is 15.1. The number of aromatic nitrogens is 3. The van der Waals surface area contributed by atoms with Gasteiger partial charge < -0.3 is 9.47 Å². The van der Waals surface area contributed by atoms with Crippen LogP contribution in [0.5, 0.6) is 0 Å². The molecule has 1 aromatic carbocycles. The third kappa shape index (κ3) is 2.94. The van der Waals surface area contributed by atoms with E-state index in [0.717, 1.165) is 23.3 Å². The molecule has 0 N–H and O–H groups in total. The van der Waals surface area contributed by atoms with Gasteiger partial charge in [0.15, 0.2) is 0 Å². The molecule has 26 heavy (non-hydrogen) atoms. The molecule has 1 aliphatic rings. The standard InChI is InChI=1S/C19H18ClFN4O/c1-24-17-10-22-7-5-16(17)23-19(24)12-6-8-25(11-12)18(26)9-13-14(20)3-2-4-15(13)21/h2-5,7,10,12H,6,8-9,11H2,1H3. The molecular weight excluding hydrogens is 355 g/mol. The number of aryl methyl sites for hydroxylation is 1. The summed E-state index contributed by atoms with van der Waals surface area (Å²) in [6.07, 6.45) is 4.33. The van der Waals surface area contributed by atoms with Gasteiger partial charge in [-0.3, -0.25) is 9.78 Å². The number of pyridine rings is 1. The molecule has 0 spiro atoms. The highest BCUT2D eigenvalue weighted by molar-refractivity contribution is 6.31. The number of likely N-dealkylation sites (tertiary alicyclic amines) is 1. The summed E-state index contributed by atoms with van der Waals surface area (Å²) in [7, 11) is 1.97. The van der Waals surface area contributed by atoms with E-state index in [1.54, 1.807) is 23.4 Å². The number of carbonyl (C=O) groups excluding carboxylic acids is 1. The number of hydrogen-bond acceptors (Lipinski definition) is 3. The molecule has 7 heteroatoms. The van der Waals surface area contributed by atoms with Crippen LogP contribution in [0.25, 0.3) is 11.0 Å². The van der Waals surface area contributed by atoms with E-state index in [0.29, 0.717) is 13.1 Å². The number of rotatable bonds is 3. The topological polar surface area (TPSA) is 51.0 Å². The highest BCUT2D eigenvalue weighted by atomic mass is 35.5. The van der Waals surface area contributed by atoms with Gasteiger partial charge in [-0.1, -0.05) is 17.7 Å². The van der Waals surface area contributed by atoms with E-state index in [1.807, 2.05) is 17.7 Å². The molecule has 4 rings (SSSR count).